The van der Waals surface area contributed by atoms with Gasteiger partial charge in [-0.25, -0.2) is 0 Å². The molecule has 1 amide bonds. The van der Waals surface area contributed by atoms with Gasteiger partial charge in [0, 0.05) is 21.8 Å². The molecule has 0 saturated carbocycles. The molecule has 4 heteroatoms. The molecular formula is C12H14BrNOS. The largest absolute Gasteiger partial charge is 0.326 e. The minimum absolute atomic E-state index is 0.159. The fraction of sp³-hybridized carbons (Fsp3) is 0.417. The Hall–Kier alpha value is -0.480. The summed E-state index contributed by atoms with van der Waals surface area (Å²) in [6.07, 6.45) is 1.00. The predicted octanol–water partition coefficient (Wildman–Crippen LogP) is 3.45. The van der Waals surface area contributed by atoms with Gasteiger partial charge < -0.3 is 5.32 Å². The van der Waals surface area contributed by atoms with E-state index in [1.54, 1.807) is 0 Å². The van der Waals surface area contributed by atoms with Gasteiger partial charge in [-0.3, -0.25) is 4.79 Å². The van der Waals surface area contributed by atoms with Gasteiger partial charge in [0.05, 0.1) is 0 Å². The van der Waals surface area contributed by atoms with Crippen LogP contribution in [0, 0.1) is 12.8 Å². The summed E-state index contributed by atoms with van der Waals surface area (Å²) in [6.45, 7) is 2.00. The van der Waals surface area contributed by atoms with E-state index in [0.29, 0.717) is 0 Å². The fourth-order valence-electron chi connectivity index (χ4n) is 1.72. The Balaban J connectivity index is 2.08. The molecule has 0 bridgehead atoms. The first-order valence-electron chi connectivity index (χ1n) is 5.32. The molecule has 86 valence electrons. The maximum Gasteiger partial charge on any atom is 0.228 e. The number of hydrogen-bond acceptors (Lipinski definition) is 2. The van der Waals surface area contributed by atoms with Crippen LogP contribution in [0.4, 0.5) is 5.69 Å². The van der Waals surface area contributed by atoms with Crippen LogP contribution in [0.3, 0.4) is 0 Å². The highest BCUT2D eigenvalue weighted by atomic mass is 79.9. The second kappa shape index (κ2) is 5.23. The molecule has 1 atom stereocenters. The van der Waals surface area contributed by atoms with E-state index in [-0.39, 0.29) is 11.8 Å². The zero-order chi connectivity index (χ0) is 11.5. The molecular weight excluding hydrogens is 286 g/mol. The van der Waals surface area contributed by atoms with E-state index in [1.165, 1.54) is 0 Å². The van der Waals surface area contributed by atoms with Crippen molar-refractivity contribution in [1.82, 2.24) is 0 Å². The van der Waals surface area contributed by atoms with E-state index in [9.17, 15) is 4.79 Å². The van der Waals surface area contributed by atoms with Crippen LogP contribution >= 0.6 is 27.7 Å². The number of amides is 1. The SMILES string of the molecule is Cc1c(Br)cccc1NC(=O)C1CCSC1. The summed E-state index contributed by atoms with van der Waals surface area (Å²) >= 11 is 5.32. The van der Waals surface area contributed by atoms with Crippen LogP contribution in [0.5, 0.6) is 0 Å². The zero-order valence-corrected chi connectivity index (χ0v) is 11.5. The minimum atomic E-state index is 0.159. The van der Waals surface area contributed by atoms with Crippen molar-refractivity contribution in [3.8, 4) is 0 Å². The van der Waals surface area contributed by atoms with Gasteiger partial charge in [-0.1, -0.05) is 22.0 Å². The molecule has 1 aliphatic rings. The van der Waals surface area contributed by atoms with Gasteiger partial charge in [-0.2, -0.15) is 11.8 Å². The lowest BCUT2D eigenvalue weighted by molar-refractivity contribution is -0.119. The molecule has 0 aromatic heterocycles. The number of rotatable bonds is 2. The van der Waals surface area contributed by atoms with Crippen molar-refractivity contribution in [3.05, 3.63) is 28.2 Å². The van der Waals surface area contributed by atoms with Crippen LogP contribution in [0.2, 0.25) is 0 Å². The summed E-state index contributed by atoms with van der Waals surface area (Å²) in [7, 11) is 0. The van der Waals surface area contributed by atoms with E-state index in [1.807, 2.05) is 36.9 Å². The van der Waals surface area contributed by atoms with Gasteiger partial charge in [0.1, 0.15) is 0 Å². The highest BCUT2D eigenvalue weighted by Crippen LogP contribution is 2.27. The van der Waals surface area contributed by atoms with E-state index >= 15 is 0 Å². The molecule has 1 saturated heterocycles. The molecule has 1 aromatic carbocycles. The van der Waals surface area contributed by atoms with Crippen LogP contribution in [0.15, 0.2) is 22.7 Å². The number of benzene rings is 1. The molecule has 2 nitrogen and oxygen atoms in total. The summed E-state index contributed by atoms with van der Waals surface area (Å²) in [5, 5.41) is 3.01. The first-order valence-corrected chi connectivity index (χ1v) is 7.27. The Kier molecular flexibility index (Phi) is 3.92. The number of carbonyl (C=O) groups excluding carboxylic acids is 1. The summed E-state index contributed by atoms with van der Waals surface area (Å²) < 4.78 is 1.03. The van der Waals surface area contributed by atoms with Crippen molar-refractivity contribution in [3.63, 3.8) is 0 Å². The molecule has 1 heterocycles. The van der Waals surface area contributed by atoms with Crippen LogP contribution in [0.25, 0.3) is 0 Å². The number of anilines is 1. The number of hydrogen-bond donors (Lipinski definition) is 1. The monoisotopic (exact) mass is 299 g/mol. The maximum absolute atomic E-state index is 11.9. The third-order valence-corrected chi connectivity index (χ3v) is 4.85. The van der Waals surface area contributed by atoms with E-state index in [0.717, 1.165) is 33.7 Å². The maximum atomic E-state index is 11.9. The van der Waals surface area contributed by atoms with E-state index in [2.05, 4.69) is 21.2 Å². The molecule has 1 aliphatic heterocycles. The third kappa shape index (κ3) is 2.61. The normalized spacial score (nSPS) is 19.8. The Morgan fingerprint density at radius 2 is 2.38 bits per heavy atom. The average Bonchev–Trinajstić information content (AvgIpc) is 2.78. The van der Waals surface area contributed by atoms with Crippen LogP contribution < -0.4 is 5.32 Å². The first-order chi connectivity index (χ1) is 7.68. The second-order valence-electron chi connectivity index (χ2n) is 3.96. The van der Waals surface area contributed by atoms with Gasteiger partial charge in [-0.15, -0.1) is 0 Å². The lowest BCUT2D eigenvalue weighted by Gasteiger charge is -2.12. The third-order valence-electron chi connectivity index (χ3n) is 2.83. The molecule has 2 rings (SSSR count). The zero-order valence-electron chi connectivity index (χ0n) is 9.13. The van der Waals surface area contributed by atoms with Crippen molar-refractivity contribution >= 4 is 39.3 Å². The first kappa shape index (κ1) is 12.0. The van der Waals surface area contributed by atoms with Crippen molar-refractivity contribution in [1.29, 1.82) is 0 Å². The second-order valence-corrected chi connectivity index (χ2v) is 5.97. The van der Waals surface area contributed by atoms with Gasteiger partial charge in [0.15, 0.2) is 0 Å². The van der Waals surface area contributed by atoms with Crippen LogP contribution in [0.1, 0.15) is 12.0 Å². The summed E-state index contributed by atoms with van der Waals surface area (Å²) in [5.41, 5.74) is 2.00. The smallest absolute Gasteiger partial charge is 0.228 e. The minimum Gasteiger partial charge on any atom is -0.326 e. The molecule has 1 unspecified atom stereocenters. The Morgan fingerprint density at radius 3 is 3.06 bits per heavy atom. The standard InChI is InChI=1S/C12H14BrNOS/c1-8-10(13)3-2-4-11(8)14-12(15)9-5-6-16-7-9/h2-4,9H,5-7H2,1H3,(H,14,15). The molecule has 0 aliphatic carbocycles. The number of thioether (sulfide) groups is 1. The lowest BCUT2D eigenvalue weighted by atomic mass is 10.1. The average molecular weight is 300 g/mol. The molecule has 0 spiro atoms. The Morgan fingerprint density at radius 1 is 1.56 bits per heavy atom. The molecule has 1 aromatic rings. The molecule has 1 fully saturated rings. The summed E-state index contributed by atoms with van der Waals surface area (Å²) in [4.78, 5) is 11.9. The topological polar surface area (TPSA) is 29.1 Å². The highest BCUT2D eigenvalue weighted by molar-refractivity contribution is 9.10. The van der Waals surface area contributed by atoms with Crippen molar-refractivity contribution < 1.29 is 4.79 Å². The summed E-state index contributed by atoms with van der Waals surface area (Å²) in [6, 6.07) is 5.87. The number of carbonyl (C=O) groups is 1. The highest BCUT2D eigenvalue weighted by Gasteiger charge is 2.23. The number of halogens is 1. The van der Waals surface area contributed by atoms with E-state index < -0.39 is 0 Å². The molecule has 1 N–H and O–H groups in total. The van der Waals surface area contributed by atoms with E-state index in [4.69, 9.17) is 0 Å². The van der Waals surface area contributed by atoms with Gasteiger partial charge in [0.25, 0.3) is 0 Å². The Labute approximate surface area is 108 Å². The van der Waals surface area contributed by atoms with Crippen LogP contribution in [-0.2, 0) is 4.79 Å². The summed E-state index contributed by atoms with van der Waals surface area (Å²) in [5.74, 6) is 2.41. The van der Waals surface area contributed by atoms with Gasteiger partial charge in [-0.05, 0) is 36.8 Å². The van der Waals surface area contributed by atoms with Crippen molar-refractivity contribution in [2.75, 3.05) is 16.8 Å². The van der Waals surface area contributed by atoms with Gasteiger partial charge in [0.2, 0.25) is 5.91 Å². The predicted molar refractivity (Wildman–Crippen MR) is 72.9 cm³/mol. The lowest BCUT2D eigenvalue weighted by Crippen LogP contribution is -2.22. The quantitative estimate of drug-likeness (QED) is 0.906. The number of nitrogens with one attached hydrogen (secondary N) is 1. The molecule has 16 heavy (non-hydrogen) atoms. The fourth-order valence-corrected chi connectivity index (χ4v) is 3.31. The van der Waals surface area contributed by atoms with Crippen LogP contribution in [-0.4, -0.2) is 17.4 Å². The van der Waals surface area contributed by atoms with Gasteiger partial charge >= 0.3 is 0 Å². The van der Waals surface area contributed by atoms with Crippen molar-refractivity contribution in [2.45, 2.75) is 13.3 Å². The Bertz CT molecular complexity index is 402. The molecule has 0 radical (unpaired) electrons. The van der Waals surface area contributed by atoms with Crippen molar-refractivity contribution in [2.24, 2.45) is 5.92 Å².